The van der Waals surface area contributed by atoms with Crippen molar-refractivity contribution in [3.63, 3.8) is 0 Å². The van der Waals surface area contributed by atoms with E-state index < -0.39 is 0 Å². The van der Waals surface area contributed by atoms with Gasteiger partial charge >= 0.3 is 0 Å². The van der Waals surface area contributed by atoms with Crippen LogP contribution in [-0.2, 0) is 6.61 Å². The van der Waals surface area contributed by atoms with Crippen LogP contribution in [0.4, 0.5) is 5.69 Å². The van der Waals surface area contributed by atoms with Gasteiger partial charge in [-0.05, 0) is 60.9 Å². The van der Waals surface area contributed by atoms with Crippen molar-refractivity contribution in [2.24, 2.45) is 0 Å². The highest BCUT2D eigenvalue weighted by atomic mass is 16.5. The molecule has 3 aromatic rings. The van der Waals surface area contributed by atoms with Gasteiger partial charge in [-0.25, -0.2) is 0 Å². The smallest absolute Gasteiger partial charge is 0.251 e. The molecule has 0 radical (unpaired) electrons. The Morgan fingerprint density at radius 1 is 0.935 bits per heavy atom. The van der Waals surface area contributed by atoms with Gasteiger partial charge in [0.2, 0.25) is 0 Å². The van der Waals surface area contributed by atoms with Crippen LogP contribution in [0.25, 0.3) is 0 Å². The molecule has 0 aromatic heterocycles. The molecule has 31 heavy (non-hydrogen) atoms. The molecule has 1 fully saturated rings. The van der Waals surface area contributed by atoms with Crippen LogP contribution in [0.2, 0.25) is 0 Å². The van der Waals surface area contributed by atoms with Crippen LogP contribution < -0.4 is 19.7 Å². The lowest BCUT2D eigenvalue weighted by Crippen LogP contribution is -2.44. The van der Waals surface area contributed by atoms with Crippen molar-refractivity contribution in [2.75, 3.05) is 25.1 Å². The number of carbonyl (C=O) groups is 1. The number of nitrogens with zero attached hydrogens (tertiary/aromatic N) is 1. The van der Waals surface area contributed by atoms with E-state index in [1.807, 2.05) is 66.7 Å². The molecule has 1 aliphatic heterocycles. The fourth-order valence-electron chi connectivity index (χ4n) is 3.81. The quantitative estimate of drug-likeness (QED) is 0.608. The normalized spacial score (nSPS) is 14.2. The van der Waals surface area contributed by atoms with Crippen molar-refractivity contribution in [1.82, 2.24) is 5.32 Å². The Morgan fingerprint density at radius 3 is 2.39 bits per heavy atom. The number of methoxy groups -OCH3 is 1. The molecule has 0 spiro atoms. The number of hydrogen-bond acceptors (Lipinski definition) is 4. The number of hydrogen-bond donors (Lipinski definition) is 1. The van der Waals surface area contributed by atoms with Gasteiger partial charge in [0.05, 0.1) is 7.11 Å². The molecule has 1 aliphatic rings. The van der Waals surface area contributed by atoms with E-state index in [1.54, 1.807) is 7.11 Å². The van der Waals surface area contributed by atoms with E-state index >= 15 is 0 Å². The lowest BCUT2D eigenvalue weighted by atomic mass is 10.0. The summed E-state index contributed by atoms with van der Waals surface area (Å²) in [6.07, 6.45) is 1.84. The highest BCUT2D eigenvalue weighted by Crippen LogP contribution is 2.23. The van der Waals surface area contributed by atoms with Gasteiger partial charge in [-0.15, -0.1) is 0 Å². The largest absolute Gasteiger partial charge is 0.497 e. The maximum Gasteiger partial charge on any atom is 0.251 e. The van der Waals surface area contributed by atoms with Gasteiger partial charge in [-0.2, -0.15) is 0 Å². The molecular formula is C26H28N2O3. The maximum atomic E-state index is 12.8. The number of nitrogens with one attached hydrogen (secondary N) is 1. The average Bonchev–Trinajstić information content (AvgIpc) is 2.84. The minimum Gasteiger partial charge on any atom is -0.497 e. The molecule has 1 N–H and O–H groups in total. The van der Waals surface area contributed by atoms with E-state index in [2.05, 4.69) is 22.3 Å². The van der Waals surface area contributed by atoms with Crippen molar-refractivity contribution in [1.29, 1.82) is 0 Å². The number of anilines is 1. The number of piperidine rings is 1. The fraction of sp³-hybridized carbons (Fsp3) is 0.269. The Kier molecular flexibility index (Phi) is 6.72. The van der Waals surface area contributed by atoms with Crippen molar-refractivity contribution in [3.8, 4) is 11.5 Å². The van der Waals surface area contributed by atoms with Crippen LogP contribution in [0.5, 0.6) is 11.5 Å². The molecule has 1 saturated heterocycles. The molecule has 0 saturated carbocycles. The first-order chi connectivity index (χ1) is 15.2. The Labute approximate surface area is 183 Å². The first-order valence-corrected chi connectivity index (χ1v) is 10.7. The number of amides is 1. The summed E-state index contributed by atoms with van der Waals surface area (Å²) in [5.74, 6) is 1.51. The van der Waals surface area contributed by atoms with E-state index in [1.165, 1.54) is 5.69 Å². The molecule has 0 atom stereocenters. The third-order valence-corrected chi connectivity index (χ3v) is 5.61. The zero-order chi connectivity index (χ0) is 21.5. The van der Waals surface area contributed by atoms with Crippen LogP contribution in [-0.4, -0.2) is 32.1 Å². The summed E-state index contributed by atoms with van der Waals surface area (Å²) in [7, 11) is 1.67. The van der Waals surface area contributed by atoms with Crippen LogP contribution in [0.15, 0.2) is 78.9 Å². The summed E-state index contributed by atoms with van der Waals surface area (Å²) in [4.78, 5) is 15.1. The molecule has 3 aromatic carbocycles. The lowest BCUT2D eigenvalue weighted by Gasteiger charge is -2.34. The molecule has 5 heteroatoms. The zero-order valence-electron chi connectivity index (χ0n) is 17.8. The summed E-state index contributed by atoms with van der Waals surface area (Å²) < 4.78 is 11.1. The van der Waals surface area contributed by atoms with Crippen molar-refractivity contribution < 1.29 is 14.3 Å². The highest BCUT2D eigenvalue weighted by Gasteiger charge is 2.21. The average molecular weight is 417 g/mol. The van der Waals surface area contributed by atoms with Crippen LogP contribution in [0.1, 0.15) is 28.8 Å². The second-order valence-electron chi connectivity index (χ2n) is 7.73. The highest BCUT2D eigenvalue weighted by molar-refractivity contribution is 5.94. The number of benzene rings is 3. The van der Waals surface area contributed by atoms with Gasteiger partial charge in [-0.1, -0.05) is 36.4 Å². The molecule has 0 bridgehead atoms. The predicted octanol–water partition coefficient (Wildman–Crippen LogP) is 4.67. The third kappa shape index (κ3) is 5.57. The Balaban J connectivity index is 1.28. The van der Waals surface area contributed by atoms with Crippen molar-refractivity contribution in [3.05, 3.63) is 90.0 Å². The van der Waals surface area contributed by atoms with Gasteiger partial charge in [0.25, 0.3) is 5.91 Å². The van der Waals surface area contributed by atoms with E-state index in [0.29, 0.717) is 17.9 Å². The standard InChI is InChI=1S/C26H28N2O3/c1-30-24-12-10-23(11-13-24)28-16-14-22(15-17-28)27-26(29)21-8-5-9-25(18-21)31-19-20-6-3-2-4-7-20/h2-13,18,22H,14-17,19H2,1H3,(H,27,29). The minimum atomic E-state index is -0.0481. The second kappa shape index (κ2) is 10.0. The van der Waals surface area contributed by atoms with Crippen LogP contribution >= 0.6 is 0 Å². The van der Waals surface area contributed by atoms with Gasteiger partial charge in [0.15, 0.2) is 0 Å². The monoisotopic (exact) mass is 416 g/mol. The van der Waals surface area contributed by atoms with Gasteiger partial charge in [0.1, 0.15) is 18.1 Å². The summed E-state index contributed by atoms with van der Waals surface area (Å²) in [5, 5.41) is 3.19. The molecular weight excluding hydrogens is 388 g/mol. The molecule has 160 valence electrons. The van der Waals surface area contributed by atoms with Crippen molar-refractivity contribution >= 4 is 11.6 Å². The summed E-state index contributed by atoms with van der Waals surface area (Å²) in [6.45, 7) is 2.31. The first kappa shape index (κ1) is 20.8. The predicted molar refractivity (Wildman–Crippen MR) is 123 cm³/mol. The molecule has 1 heterocycles. The zero-order valence-corrected chi connectivity index (χ0v) is 17.8. The minimum absolute atomic E-state index is 0.0481. The van der Waals surface area contributed by atoms with E-state index in [9.17, 15) is 4.79 Å². The Hall–Kier alpha value is -3.47. The van der Waals surface area contributed by atoms with Crippen LogP contribution in [0, 0.1) is 0 Å². The van der Waals surface area contributed by atoms with E-state index in [0.717, 1.165) is 37.2 Å². The number of rotatable bonds is 7. The summed E-state index contributed by atoms with van der Waals surface area (Å²) >= 11 is 0. The summed E-state index contributed by atoms with van der Waals surface area (Å²) in [6, 6.07) is 25.7. The third-order valence-electron chi connectivity index (χ3n) is 5.61. The molecule has 1 amide bonds. The number of carbonyl (C=O) groups excluding carboxylic acids is 1. The van der Waals surface area contributed by atoms with Gasteiger partial charge in [-0.3, -0.25) is 4.79 Å². The second-order valence-corrected chi connectivity index (χ2v) is 7.73. The summed E-state index contributed by atoms with van der Waals surface area (Å²) in [5.41, 5.74) is 2.91. The molecule has 0 aliphatic carbocycles. The number of ether oxygens (including phenoxy) is 2. The Morgan fingerprint density at radius 2 is 1.68 bits per heavy atom. The molecule has 5 nitrogen and oxygen atoms in total. The molecule has 4 rings (SSSR count). The van der Waals surface area contributed by atoms with Gasteiger partial charge < -0.3 is 19.7 Å². The first-order valence-electron chi connectivity index (χ1n) is 10.7. The Bertz CT molecular complexity index is 981. The maximum absolute atomic E-state index is 12.8. The molecule has 0 unspecified atom stereocenters. The lowest BCUT2D eigenvalue weighted by molar-refractivity contribution is 0.0930. The van der Waals surface area contributed by atoms with Crippen molar-refractivity contribution in [2.45, 2.75) is 25.5 Å². The van der Waals surface area contributed by atoms with E-state index in [4.69, 9.17) is 9.47 Å². The fourth-order valence-corrected chi connectivity index (χ4v) is 3.81. The van der Waals surface area contributed by atoms with E-state index in [-0.39, 0.29) is 11.9 Å². The topological polar surface area (TPSA) is 50.8 Å². The SMILES string of the molecule is COc1ccc(N2CCC(NC(=O)c3cccc(OCc4ccccc4)c3)CC2)cc1. The van der Waals surface area contributed by atoms with Gasteiger partial charge in [0, 0.05) is 30.4 Å². The van der Waals surface area contributed by atoms with Crippen LogP contribution in [0.3, 0.4) is 0 Å².